The lowest BCUT2D eigenvalue weighted by molar-refractivity contribution is 0.0728. The first-order chi connectivity index (χ1) is 11.6. The molecule has 8 heteroatoms. The number of carbonyl (C=O) groups excluding carboxylic acids is 1. The number of nitrogens with zero attached hydrogens (tertiary/aromatic N) is 4. The molecule has 3 aromatic rings. The summed E-state index contributed by atoms with van der Waals surface area (Å²) in [5.41, 5.74) is 9.95. The Morgan fingerprint density at radius 2 is 2.25 bits per heavy atom. The highest BCUT2D eigenvalue weighted by Crippen LogP contribution is 2.24. The molecule has 0 radical (unpaired) electrons. The molecular weight excluding hydrogens is 324 g/mol. The van der Waals surface area contributed by atoms with E-state index >= 15 is 0 Å². The third kappa shape index (κ3) is 2.65. The van der Waals surface area contributed by atoms with E-state index in [-0.39, 0.29) is 5.91 Å². The van der Waals surface area contributed by atoms with Crippen LogP contribution in [0, 0.1) is 6.92 Å². The van der Waals surface area contributed by atoms with Crippen molar-refractivity contribution in [3.63, 3.8) is 0 Å². The van der Waals surface area contributed by atoms with Crippen molar-refractivity contribution >= 4 is 23.1 Å². The van der Waals surface area contributed by atoms with Crippen LogP contribution in [0.1, 0.15) is 26.8 Å². The molecule has 1 aliphatic rings. The van der Waals surface area contributed by atoms with Crippen molar-refractivity contribution in [3.05, 3.63) is 45.7 Å². The molecule has 0 spiro atoms. The first-order valence-electron chi connectivity index (χ1n) is 7.61. The van der Waals surface area contributed by atoms with Gasteiger partial charge in [0.15, 0.2) is 0 Å². The minimum Gasteiger partial charge on any atom is -0.382 e. The van der Waals surface area contributed by atoms with Crippen LogP contribution in [0.3, 0.4) is 0 Å². The van der Waals surface area contributed by atoms with E-state index in [1.165, 1.54) is 0 Å². The number of nitrogens with two attached hydrogens (primary N) is 1. The van der Waals surface area contributed by atoms with Crippen molar-refractivity contribution in [1.82, 2.24) is 25.1 Å². The van der Waals surface area contributed by atoms with E-state index in [1.54, 1.807) is 22.3 Å². The van der Waals surface area contributed by atoms with Gasteiger partial charge in [-0.05, 0) is 24.6 Å². The number of hydrogen-bond donors (Lipinski definition) is 2. The first-order valence-corrected chi connectivity index (χ1v) is 8.49. The van der Waals surface area contributed by atoms with Gasteiger partial charge in [-0.15, -0.1) is 16.4 Å². The minimum atomic E-state index is -0.0331. The summed E-state index contributed by atoms with van der Waals surface area (Å²) in [6.45, 7) is 3.08. The molecule has 0 saturated heterocycles. The van der Waals surface area contributed by atoms with Gasteiger partial charge in [-0.25, -0.2) is 4.98 Å². The van der Waals surface area contributed by atoms with Crippen molar-refractivity contribution in [2.75, 3.05) is 12.3 Å². The molecular formula is C16H16N6OS. The van der Waals surface area contributed by atoms with Crippen LogP contribution in [0.15, 0.2) is 23.7 Å². The number of hydrogen-bond acceptors (Lipinski definition) is 6. The molecule has 0 bridgehead atoms. The van der Waals surface area contributed by atoms with E-state index in [1.807, 2.05) is 24.6 Å². The predicted octanol–water partition coefficient (Wildman–Crippen LogP) is 2.02. The molecule has 4 rings (SSSR count). The zero-order valence-corrected chi connectivity index (χ0v) is 13.9. The number of aromatic amines is 1. The van der Waals surface area contributed by atoms with Crippen LogP contribution >= 0.6 is 11.3 Å². The first kappa shape index (κ1) is 14.8. The third-order valence-electron chi connectivity index (χ3n) is 4.07. The van der Waals surface area contributed by atoms with Crippen LogP contribution in [0.4, 0.5) is 5.82 Å². The summed E-state index contributed by atoms with van der Waals surface area (Å²) in [6.07, 6.45) is 2.51. The van der Waals surface area contributed by atoms with Crippen molar-refractivity contribution < 1.29 is 4.79 Å². The SMILES string of the molecule is Cc1nc(-c2c[nH]c(C(=O)N3CCc4nnc(N)cc4C3)c2)cs1. The Hall–Kier alpha value is -2.74. The maximum Gasteiger partial charge on any atom is 0.270 e. The van der Waals surface area contributed by atoms with Gasteiger partial charge in [-0.2, -0.15) is 5.10 Å². The number of anilines is 1. The smallest absolute Gasteiger partial charge is 0.270 e. The number of aromatic nitrogens is 4. The zero-order chi connectivity index (χ0) is 16.7. The van der Waals surface area contributed by atoms with Gasteiger partial charge in [0.2, 0.25) is 0 Å². The number of thiazole rings is 1. The Morgan fingerprint density at radius 1 is 1.38 bits per heavy atom. The van der Waals surface area contributed by atoms with Gasteiger partial charge in [-0.3, -0.25) is 4.79 Å². The second-order valence-electron chi connectivity index (χ2n) is 5.77. The molecule has 0 saturated carbocycles. The van der Waals surface area contributed by atoms with Gasteiger partial charge >= 0.3 is 0 Å². The fourth-order valence-corrected chi connectivity index (χ4v) is 3.47. The molecule has 0 fully saturated rings. The number of rotatable bonds is 2. The molecule has 1 aliphatic heterocycles. The van der Waals surface area contributed by atoms with Crippen molar-refractivity contribution in [2.45, 2.75) is 19.9 Å². The number of amides is 1. The van der Waals surface area contributed by atoms with Gasteiger partial charge < -0.3 is 15.6 Å². The van der Waals surface area contributed by atoms with Crippen LogP contribution < -0.4 is 5.73 Å². The summed E-state index contributed by atoms with van der Waals surface area (Å²) in [5, 5.41) is 11.0. The Labute approximate surface area is 142 Å². The highest BCUT2D eigenvalue weighted by Gasteiger charge is 2.24. The van der Waals surface area contributed by atoms with Crippen LogP contribution in [0.25, 0.3) is 11.3 Å². The second-order valence-corrected chi connectivity index (χ2v) is 6.83. The van der Waals surface area contributed by atoms with Crippen LogP contribution in [0.5, 0.6) is 0 Å². The zero-order valence-electron chi connectivity index (χ0n) is 13.1. The number of nitrogen functional groups attached to an aromatic ring is 1. The predicted molar refractivity (Wildman–Crippen MR) is 91.5 cm³/mol. The molecule has 4 heterocycles. The number of fused-ring (bicyclic) bond motifs is 1. The molecule has 24 heavy (non-hydrogen) atoms. The Morgan fingerprint density at radius 3 is 3.04 bits per heavy atom. The van der Waals surface area contributed by atoms with Crippen molar-refractivity contribution in [2.24, 2.45) is 0 Å². The van der Waals surface area contributed by atoms with Crippen LogP contribution in [0.2, 0.25) is 0 Å². The fourth-order valence-electron chi connectivity index (χ4n) is 2.85. The van der Waals surface area contributed by atoms with E-state index in [0.717, 1.165) is 27.5 Å². The number of H-pyrrole nitrogens is 1. The normalized spacial score (nSPS) is 13.8. The summed E-state index contributed by atoms with van der Waals surface area (Å²) < 4.78 is 0. The lowest BCUT2D eigenvalue weighted by Crippen LogP contribution is -2.36. The minimum absolute atomic E-state index is 0.0331. The van der Waals surface area contributed by atoms with Gasteiger partial charge in [-0.1, -0.05) is 0 Å². The van der Waals surface area contributed by atoms with E-state index in [0.29, 0.717) is 31.0 Å². The van der Waals surface area contributed by atoms with E-state index in [4.69, 9.17) is 5.73 Å². The van der Waals surface area contributed by atoms with E-state index in [2.05, 4.69) is 20.2 Å². The summed E-state index contributed by atoms with van der Waals surface area (Å²) in [7, 11) is 0. The van der Waals surface area contributed by atoms with Crippen LogP contribution in [-0.2, 0) is 13.0 Å². The monoisotopic (exact) mass is 340 g/mol. The summed E-state index contributed by atoms with van der Waals surface area (Å²) in [4.78, 5) is 22.1. The third-order valence-corrected chi connectivity index (χ3v) is 4.85. The largest absolute Gasteiger partial charge is 0.382 e. The van der Waals surface area contributed by atoms with Gasteiger partial charge in [0.1, 0.15) is 11.5 Å². The molecule has 1 amide bonds. The van der Waals surface area contributed by atoms with E-state index < -0.39 is 0 Å². The topological polar surface area (TPSA) is 101 Å². The Balaban J connectivity index is 1.55. The highest BCUT2D eigenvalue weighted by molar-refractivity contribution is 7.09. The molecule has 0 aliphatic carbocycles. The fraction of sp³-hybridized carbons (Fsp3) is 0.250. The number of aryl methyl sites for hydroxylation is 1. The highest BCUT2D eigenvalue weighted by atomic mass is 32.1. The molecule has 3 N–H and O–H groups in total. The van der Waals surface area contributed by atoms with E-state index in [9.17, 15) is 4.79 Å². The Bertz CT molecular complexity index is 915. The standard InChI is InChI=1S/C16H16N6OS/c1-9-19-14(8-24-9)10-4-13(18-6-10)16(23)22-3-2-12-11(7-22)5-15(17)21-20-12/h4-6,8,18H,2-3,7H2,1H3,(H2,17,21). The second kappa shape index (κ2) is 5.72. The molecule has 3 aromatic heterocycles. The quantitative estimate of drug-likeness (QED) is 0.743. The van der Waals surface area contributed by atoms with Gasteiger partial charge in [0.25, 0.3) is 5.91 Å². The average molecular weight is 340 g/mol. The maximum atomic E-state index is 12.8. The lowest BCUT2D eigenvalue weighted by atomic mass is 10.1. The lowest BCUT2D eigenvalue weighted by Gasteiger charge is -2.27. The molecule has 7 nitrogen and oxygen atoms in total. The number of nitrogens with one attached hydrogen (secondary N) is 1. The number of carbonyl (C=O) groups is 1. The Kier molecular flexibility index (Phi) is 3.53. The molecule has 0 atom stereocenters. The summed E-state index contributed by atoms with van der Waals surface area (Å²) in [5.74, 6) is 0.346. The molecule has 0 aromatic carbocycles. The molecule has 0 unspecified atom stereocenters. The van der Waals surface area contributed by atoms with Gasteiger partial charge in [0.05, 0.1) is 16.4 Å². The summed E-state index contributed by atoms with van der Waals surface area (Å²) in [6, 6.07) is 3.64. The van der Waals surface area contributed by atoms with Crippen molar-refractivity contribution in [3.8, 4) is 11.3 Å². The average Bonchev–Trinajstić information content (AvgIpc) is 3.22. The summed E-state index contributed by atoms with van der Waals surface area (Å²) >= 11 is 1.59. The molecule has 122 valence electrons. The van der Waals surface area contributed by atoms with Crippen molar-refractivity contribution in [1.29, 1.82) is 0 Å². The van der Waals surface area contributed by atoms with Crippen LogP contribution in [-0.4, -0.2) is 37.5 Å². The van der Waals surface area contributed by atoms with Gasteiger partial charge in [0, 0.05) is 36.7 Å². The maximum absolute atomic E-state index is 12.8.